The van der Waals surface area contributed by atoms with Gasteiger partial charge in [0.25, 0.3) is 5.91 Å². The zero-order chi connectivity index (χ0) is 20.4. The first-order valence-corrected chi connectivity index (χ1v) is 10.3. The number of aryl methyl sites for hydroxylation is 1. The molecule has 4 rings (SSSR count). The number of furan rings is 1. The minimum absolute atomic E-state index is 0.0626. The molecular formula is C22H25ClN4O2. The molecule has 29 heavy (non-hydrogen) atoms. The minimum atomic E-state index is -0.0984. The molecule has 1 saturated heterocycles. The molecule has 0 spiro atoms. The highest BCUT2D eigenvalue weighted by Gasteiger charge is 2.26. The zero-order valence-corrected chi connectivity index (χ0v) is 17.4. The number of nitrogens with zero attached hydrogens (tertiary/aromatic N) is 3. The van der Waals surface area contributed by atoms with Crippen LogP contribution in [0.4, 0.5) is 0 Å². The van der Waals surface area contributed by atoms with Crippen LogP contribution in [-0.4, -0.2) is 40.2 Å². The maximum absolute atomic E-state index is 12.7. The van der Waals surface area contributed by atoms with E-state index in [-0.39, 0.29) is 11.9 Å². The first-order valence-electron chi connectivity index (χ1n) is 9.92. The Morgan fingerprint density at radius 1 is 1.21 bits per heavy atom. The van der Waals surface area contributed by atoms with Gasteiger partial charge < -0.3 is 9.73 Å². The van der Waals surface area contributed by atoms with E-state index >= 15 is 0 Å². The van der Waals surface area contributed by atoms with Gasteiger partial charge in [0.1, 0.15) is 5.76 Å². The van der Waals surface area contributed by atoms with Crippen LogP contribution >= 0.6 is 11.6 Å². The van der Waals surface area contributed by atoms with Gasteiger partial charge in [-0.3, -0.25) is 9.69 Å². The van der Waals surface area contributed by atoms with Crippen LogP contribution in [0.25, 0.3) is 5.69 Å². The lowest BCUT2D eigenvalue weighted by molar-refractivity contribution is 0.0934. The molecule has 0 radical (unpaired) electrons. The summed E-state index contributed by atoms with van der Waals surface area (Å²) < 4.78 is 7.41. The van der Waals surface area contributed by atoms with E-state index in [1.165, 1.54) is 12.8 Å². The van der Waals surface area contributed by atoms with Crippen molar-refractivity contribution in [3.05, 3.63) is 70.4 Å². The second kappa shape index (κ2) is 8.43. The van der Waals surface area contributed by atoms with Crippen molar-refractivity contribution in [1.82, 2.24) is 20.0 Å². The lowest BCUT2D eigenvalue weighted by Gasteiger charge is -2.26. The Morgan fingerprint density at radius 2 is 1.93 bits per heavy atom. The van der Waals surface area contributed by atoms with Crippen LogP contribution in [0, 0.1) is 13.8 Å². The molecule has 0 bridgehead atoms. The molecule has 1 aromatic carbocycles. The average Bonchev–Trinajstić information content (AvgIpc) is 3.49. The van der Waals surface area contributed by atoms with Gasteiger partial charge in [-0.2, -0.15) is 5.10 Å². The molecular weight excluding hydrogens is 388 g/mol. The predicted octanol–water partition coefficient (Wildman–Crippen LogP) is 4.30. The van der Waals surface area contributed by atoms with E-state index in [4.69, 9.17) is 16.0 Å². The van der Waals surface area contributed by atoms with Gasteiger partial charge in [-0.25, -0.2) is 4.68 Å². The van der Waals surface area contributed by atoms with E-state index in [9.17, 15) is 4.79 Å². The molecule has 1 atom stereocenters. The molecule has 1 N–H and O–H groups in total. The van der Waals surface area contributed by atoms with Gasteiger partial charge in [0, 0.05) is 12.1 Å². The Hall–Kier alpha value is -2.57. The zero-order valence-electron chi connectivity index (χ0n) is 16.7. The van der Waals surface area contributed by atoms with Crippen LogP contribution in [0.15, 0.2) is 47.1 Å². The molecule has 6 nitrogen and oxygen atoms in total. The van der Waals surface area contributed by atoms with Crippen LogP contribution in [0.3, 0.4) is 0 Å². The molecule has 2 aromatic heterocycles. The molecule has 1 amide bonds. The van der Waals surface area contributed by atoms with Gasteiger partial charge in [-0.05, 0) is 76.2 Å². The fourth-order valence-corrected chi connectivity index (χ4v) is 3.98. The van der Waals surface area contributed by atoms with Gasteiger partial charge in [-0.1, -0.05) is 11.6 Å². The number of benzene rings is 1. The van der Waals surface area contributed by atoms with Crippen LogP contribution in [0.2, 0.25) is 5.02 Å². The molecule has 1 aliphatic heterocycles. The molecule has 0 saturated carbocycles. The number of likely N-dealkylation sites (tertiary alicyclic amines) is 1. The van der Waals surface area contributed by atoms with Crippen LogP contribution in [0.1, 0.15) is 46.4 Å². The van der Waals surface area contributed by atoms with E-state index in [0.29, 0.717) is 17.1 Å². The maximum Gasteiger partial charge on any atom is 0.251 e. The quantitative estimate of drug-likeness (QED) is 0.655. The number of nitrogens with one attached hydrogen (secondary N) is 1. The summed E-state index contributed by atoms with van der Waals surface area (Å²) in [7, 11) is 0. The number of halogens is 1. The SMILES string of the molecule is Cc1nn(-c2ccc(C(=O)NC[C@@H](c3ccco3)N3CCCC3)cc2)c(C)c1Cl. The van der Waals surface area contributed by atoms with Crippen molar-refractivity contribution in [1.29, 1.82) is 0 Å². The minimum Gasteiger partial charge on any atom is -0.468 e. The lowest BCUT2D eigenvalue weighted by Crippen LogP contribution is -2.36. The second-order valence-electron chi connectivity index (χ2n) is 7.43. The maximum atomic E-state index is 12.7. The number of carbonyl (C=O) groups excluding carboxylic acids is 1. The summed E-state index contributed by atoms with van der Waals surface area (Å²) in [5.74, 6) is 0.794. The van der Waals surface area contributed by atoms with Crippen molar-refractivity contribution in [2.24, 2.45) is 0 Å². The first kappa shape index (κ1) is 19.7. The molecule has 0 unspecified atom stereocenters. The molecule has 3 aromatic rings. The molecule has 7 heteroatoms. The van der Waals surface area contributed by atoms with Gasteiger partial charge >= 0.3 is 0 Å². The highest BCUT2D eigenvalue weighted by Crippen LogP contribution is 2.25. The monoisotopic (exact) mass is 412 g/mol. The number of rotatable bonds is 6. The molecule has 1 aliphatic rings. The highest BCUT2D eigenvalue weighted by atomic mass is 35.5. The average molecular weight is 413 g/mol. The van der Waals surface area contributed by atoms with Crippen molar-refractivity contribution in [2.75, 3.05) is 19.6 Å². The van der Waals surface area contributed by atoms with Crippen LogP contribution in [0.5, 0.6) is 0 Å². The van der Waals surface area contributed by atoms with E-state index in [1.54, 1.807) is 10.9 Å². The Balaban J connectivity index is 1.44. The molecule has 152 valence electrons. The van der Waals surface area contributed by atoms with Crippen molar-refractivity contribution in [3.63, 3.8) is 0 Å². The van der Waals surface area contributed by atoms with Crippen molar-refractivity contribution >= 4 is 17.5 Å². The summed E-state index contributed by atoms with van der Waals surface area (Å²) in [4.78, 5) is 15.1. The molecule has 3 heterocycles. The summed E-state index contributed by atoms with van der Waals surface area (Å²) in [6, 6.07) is 11.3. The number of carbonyl (C=O) groups is 1. The Morgan fingerprint density at radius 3 is 2.52 bits per heavy atom. The number of hydrogen-bond donors (Lipinski definition) is 1. The summed E-state index contributed by atoms with van der Waals surface area (Å²) in [5, 5.41) is 8.18. The Bertz CT molecular complexity index is 973. The lowest BCUT2D eigenvalue weighted by atomic mass is 10.1. The largest absolute Gasteiger partial charge is 0.468 e. The molecule has 0 aliphatic carbocycles. The summed E-state index contributed by atoms with van der Waals surface area (Å²) in [6.45, 7) is 6.38. The van der Waals surface area contributed by atoms with Crippen LogP contribution < -0.4 is 5.32 Å². The van der Waals surface area contributed by atoms with Crippen LogP contribution in [-0.2, 0) is 0 Å². The van der Waals surface area contributed by atoms with Gasteiger partial charge in [0.05, 0.1) is 34.4 Å². The third-order valence-corrected chi connectivity index (χ3v) is 6.03. The number of amides is 1. The second-order valence-corrected chi connectivity index (χ2v) is 7.81. The third kappa shape index (κ3) is 4.09. The number of hydrogen-bond acceptors (Lipinski definition) is 4. The standard InChI is InChI=1S/C22H25ClN4O2/c1-15-21(23)16(2)27(25-15)18-9-7-17(8-10-18)22(28)24-14-19(20-6-5-13-29-20)26-11-3-4-12-26/h5-10,13,19H,3-4,11-12,14H2,1-2H3,(H,24,28)/t19-/m0/s1. The molecule has 1 fully saturated rings. The summed E-state index contributed by atoms with van der Waals surface area (Å²) >= 11 is 6.24. The first-order chi connectivity index (χ1) is 14.0. The van der Waals surface area contributed by atoms with Gasteiger partial charge in [0.15, 0.2) is 0 Å². The van der Waals surface area contributed by atoms with Gasteiger partial charge in [-0.15, -0.1) is 0 Å². The van der Waals surface area contributed by atoms with E-state index < -0.39 is 0 Å². The third-order valence-electron chi connectivity index (χ3n) is 5.49. The number of aromatic nitrogens is 2. The summed E-state index contributed by atoms with van der Waals surface area (Å²) in [5.41, 5.74) is 3.16. The Kier molecular flexibility index (Phi) is 5.74. The van der Waals surface area contributed by atoms with Crippen molar-refractivity contribution in [3.8, 4) is 5.69 Å². The predicted molar refractivity (Wildman–Crippen MR) is 113 cm³/mol. The normalized spacial score (nSPS) is 15.6. The van der Waals surface area contributed by atoms with Crippen molar-refractivity contribution < 1.29 is 9.21 Å². The Labute approximate surface area is 175 Å². The summed E-state index contributed by atoms with van der Waals surface area (Å²) in [6.07, 6.45) is 4.05. The van der Waals surface area contributed by atoms with E-state index in [1.807, 2.05) is 50.2 Å². The highest BCUT2D eigenvalue weighted by molar-refractivity contribution is 6.31. The topological polar surface area (TPSA) is 63.3 Å². The van der Waals surface area contributed by atoms with E-state index in [0.717, 1.165) is 35.9 Å². The fraction of sp³-hybridized carbons (Fsp3) is 0.364. The fourth-order valence-electron chi connectivity index (χ4n) is 3.86. The van der Waals surface area contributed by atoms with Gasteiger partial charge in [0.2, 0.25) is 0 Å². The smallest absolute Gasteiger partial charge is 0.251 e. The van der Waals surface area contributed by atoms with Crippen molar-refractivity contribution in [2.45, 2.75) is 32.7 Å². The van der Waals surface area contributed by atoms with E-state index in [2.05, 4.69) is 15.3 Å².